The fourth-order valence-corrected chi connectivity index (χ4v) is 3.35. The number of carbonyl (C=O) groups is 1. The van der Waals surface area contributed by atoms with Gasteiger partial charge in [-0.1, -0.05) is 12.1 Å². The monoisotopic (exact) mass is 340 g/mol. The number of aryl methyl sites for hydroxylation is 1. The van der Waals surface area contributed by atoms with Crippen molar-refractivity contribution >= 4 is 11.7 Å². The quantitative estimate of drug-likeness (QED) is 0.898. The van der Waals surface area contributed by atoms with Crippen LogP contribution in [0, 0.1) is 6.92 Å². The summed E-state index contributed by atoms with van der Waals surface area (Å²) in [5.41, 5.74) is 2.91. The van der Waals surface area contributed by atoms with Gasteiger partial charge in [-0.3, -0.25) is 0 Å². The van der Waals surface area contributed by atoms with E-state index in [4.69, 9.17) is 9.47 Å². The lowest BCUT2D eigenvalue weighted by atomic mass is 10.0. The molecule has 25 heavy (non-hydrogen) atoms. The maximum absolute atomic E-state index is 12.8. The molecule has 0 saturated carbocycles. The van der Waals surface area contributed by atoms with Gasteiger partial charge in [0.1, 0.15) is 11.5 Å². The van der Waals surface area contributed by atoms with Crippen molar-refractivity contribution in [2.45, 2.75) is 25.8 Å². The van der Waals surface area contributed by atoms with Gasteiger partial charge in [0.15, 0.2) is 0 Å². The van der Waals surface area contributed by atoms with Crippen molar-refractivity contribution in [3.8, 4) is 11.5 Å². The smallest absolute Gasteiger partial charge is 0.322 e. The third kappa shape index (κ3) is 3.71. The highest BCUT2D eigenvalue weighted by molar-refractivity contribution is 5.90. The van der Waals surface area contributed by atoms with Crippen LogP contribution in [0.3, 0.4) is 0 Å². The van der Waals surface area contributed by atoms with Gasteiger partial charge in [-0.15, -0.1) is 0 Å². The molecule has 0 aromatic heterocycles. The van der Waals surface area contributed by atoms with Gasteiger partial charge in [0.2, 0.25) is 0 Å². The number of urea groups is 1. The summed E-state index contributed by atoms with van der Waals surface area (Å²) in [6.45, 7) is 2.73. The number of anilines is 1. The van der Waals surface area contributed by atoms with Crippen LogP contribution in [0.25, 0.3) is 0 Å². The highest BCUT2D eigenvalue weighted by Crippen LogP contribution is 2.39. The van der Waals surface area contributed by atoms with Gasteiger partial charge in [0.05, 0.1) is 20.3 Å². The highest BCUT2D eigenvalue weighted by Gasteiger charge is 2.32. The van der Waals surface area contributed by atoms with E-state index in [2.05, 4.69) is 5.32 Å². The number of nitrogens with one attached hydrogen (secondary N) is 1. The second kappa shape index (κ2) is 7.47. The minimum Gasteiger partial charge on any atom is -0.497 e. The Balaban J connectivity index is 1.84. The van der Waals surface area contributed by atoms with Crippen molar-refractivity contribution in [2.75, 3.05) is 26.1 Å². The number of carbonyl (C=O) groups excluding carboxylic acids is 1. The Morgan fingerprint density at radius 2 is 2.00 bits per heavy atom. The van der Waals surface area contributed by atoms with E-state index in [9.17, 15) is 4.79 Å². The summed E-state index contributed by atoms with van der Waals surface area (Å²) in [5.74, 6) is 1.54. The van der Waals surface area contributed by atoms with Crippen LogP contribution in [-0.2, 0) is 0 Å². The Morgan fingerprint density at radius 1 is 1.16 bits per heavy atom. The fraction of sp³-hybridized carbons (Fsp3) is 0.350. The molecule has 2 aromatic rings. The molecule has 0 spiro atoms. The second-order valence-corrected chi connectivity index (χ2v) is 6.26. The Labute approximate surface area is 148 Å². The van der Waals surface area contributed by atoms with E-state index in [1.165, 1.54) is 0 Å². The van der Waals surface area contributed by atoms with E-state index in [0.717, 1.165) is 47.7 Å². The molecule has 1 saturated heterocycles. The van der Waals surface area contributed by atoms with E-state index in [1.807, 2.05) is 54.3 Å². The van der Waals surface area contributed by atoms with Crippen molar-refractivity contribution in [2.24, 2.45) is 0 Å². The summed E-state index contributed by atoms with van der Waals surface area (Å²) in [5, 5.41) is 3.01. The molecule has 1 aliphatic heterocycles. The van der Waals surface area contributed by atoms with E-state index < -0.39 is 0 Å². The highest BCUT2D eigenvalue weighted by atomic mass is 16.5. The Kier molecular flexibility index (Phi) is 5.12. The molecule has 1 atom stereocenters. The SMILES string of the molecule is COc1ccc(OC)c([C@H]2CCCN2C(=O)Nc2cccc(C)c2)c1. The number of methoxy groups -OCH3 is 2. The molecule has 0 radical (unpaired) electrons. The molecule has 3 rings (SSSR count). The minimum absolute atomic E-state index is 0.0186. The van der Waals surface area contributed by atoms with Crippen LogP contribution < -0.4 is 14.8 Å². The van der Waals surface area contributed by atoms with Crippen molar-refractivity contribution in [3.63, 3.8) is 0 Å². The molecule has 1 N–H and O–H groups in total. The Morgan fingerprint density at radius 3 is 2.72 bits per heavy atom. The third-order valence-corrected chi connectivity index (χ3v) is 4.58. The molecule has 2 aromatic carbocycles. The van der Waals surface area contributed by atoms with E-state index >= 15 is 0 Å². The standard InChI is InChI=1S/C20H24N2O3/c1-14-6-4-7-15(12-14)21-20(23)22-11-5-8-18(22)17-13-16(24-2)9-10-19(17)25-3/h4,6-7,9-10,12-13,18H,5,8,11H2,1-3H3,(H,21,23)/t18-/m1/s1. The topological polar surface area (TPSA) is 50.8 Å². The first-order valence-corrected chi connectivity index (χ1v) is 8.48. The van der Waals surface area contributed by atoms with Crippen LogP contribution in [0.5, 0.6) is 11.5 Å². The predicted molar refractivity (Wildman–Crippen MR) is 98.4 cm³/mol. The van der Waals surface area contributed by atoms with Gasteiger partial charge in [-0.05, 0) is 55.7 Å². The first-order chi connectivity index (χ1) is 12.1. The number of likely N-dealkylation sites (tertiary alicyclic amines) is 1. The van der Waals surface area contributed by atoms with E-state index in [-0.39, 0.29) is 12.1 Å². The van der Waals surface area contributed by atoms with Crippen LogP contribution in [-0.4, -0.2) is 31.7 Å². The molecule has 5 nitrogen and oxygen atoms in total. The molecule has 1 aliphatic rings. The third-order valence-electron chi connectivity index (χ3n) is 4.58. The number of hydrogen-bond acceptors (Lipinski definition) is 3. The van der Waals surface area contributed by atoms with Crippen LogP contribution in [0.4, 0.5) is 10.5 Å². The maximum Gasteiger partial charge on any atom is 0.322 e. The van der Waals surface area contributed by atoms with Crippen molar-refractivity contribution in [1.29, 1.82) is 0 Å². The molecule has 0 bridgehead atoms. The van der Waals surface area contributed by atoms with Crippen molar-refractivity contribution in [1.82, 2.24) is 4.90 Å². The molecular weight excluding hydrogens is 316 g/mol. The Bertz CT molecular complexity index is 760. The molecule has 2 amide bonds. The number of ether oxygens (including phenoxy) is 2. The van der Waals surface area contributed by atoms with Crippen LogP contribution >= 0.6 is 0 Å². The molecule has 1 fully saturated rings. The van der Waals surface area contributed by atoms with Crippen LogP contribution in [0.1, 0.15) is 30.0 Å². The number of amides is 2. The Hall–Kier alpha value is -2.69. The summed E-state index contributed by atoms with van der Waals surface area (Å²) in [4.78, 5) is 14.7. The summed E-state index contributed by atoms with van der Waals surface area (Å²) in [6.07, 6.45) is 1.87. The molecule has 0 aliphatic carbocycles. The molecule has 1 heterocycles. The van der Waals surface area contributed by atoms with Gasteiger partial charge in [0, 0.05) is 17.8 Å². The average Bonchev–Trinajstić information content (AvgIpc) is 3.11. The largest absolute Gasteiger partial charge is 0.497 e. The molecular formula is C20H24N2O3. The van der Waals surface area contributed by atoms with E-state index in [1.54, 1.807) is 14.2 Å². The minimum atomic E-state index is -0.0852. The number of rotatable bonds is 4. The molecule has 132 valence electrons. The lowest BCUT2D eigenvalue weighted by Gasteiger charge is -2.27. The zero-order valence-electron chi connectivity index (χ0n) is 14.9. The first kappa shape index (κ1) is 17.1. The predicted octanol–water partition coefficient (Wildman–Crippen LogP) is 4.38. The molecule has 0 unspecified atom stereocenters. The van der Waals surface area contributed by atoms with Crippen LogP contribution in [0.2, 0.25) is 0 Å². The molecule has 5 heteroatoms. The fourth-order valence-electron chi connectivity index (χ4n) is 3.35. The van der Waals surface area contributed by atoms with Crippen LogP contribution in [0.15, 0.2) is 42.5 Å². The van der Waals surface area contributed by atoms with Gasteiger partial charge in [-0.2, -0.15) is 0 Å². The maximum atomic E-state index is 12.8. The van der Waals surface area contributed by atoms with Crippen molar-refractivity contribution in [3.05, 3.63) is 53.6 Å². The first-order valence-electron chi connectivity index (χ1n) is 8.48. The van der Waals surface area contributed by atoms with Gasteiger partial charge >= 0.3 is 6.03 Å². The van der Waals surface area contributed by atoms with Crippen molar-refractivity contribution < 1.29 is 14.3 Å². The lowest BCUT2D eigenvalue weighted by Crippen LogP contribution is -2.34. The summed E-state index contributed by atoms with van der Waals surface area (Å²) >= 11 is 0. The van der Waals surface area contributed by atoms with Gasteiger partial charge < -0.3 is 19.7 Å². The van der Waals surface area contributed by atoms with Gasteiger partial charge in [-0.25, -0.2) is 4.79 Å². The summed E-state index contributed by atoms with van der Waals surface area (Å²) in [7, 11) is 3.29. The lowest BCUT2D eigenvalue weighted by molar-refractivity contribution is 0.206. The summed E-state index contributed by atoms with van der Waals surface area (Å²) < 4.78 is 10.8. The number of nitrogens with zero attached hydrogens (tertiary/aromatic N) is 1. The number of hydrogen-bond donors (Lipinski definition) is 1. The zero-order chi connectivity index (χ0) is 17.8. The summed E-state index contributed by atoms with van der Waals surface area (Å²) in [6, 6.07) is 13.4. The average molecular weight is 340 g/mol. The van der Waals surface area contributed by atoms with E-state index in [0.29, 0.717) is 0 Å². The second-order valence-electron chi connectivity index (χ2n) is 6.26. The number of benzene rings is 2. The normalized spacial score (nSPS) is 16.6. The zero-order valence-corrected chi connectivity index (χ0v) is 14.9. The van der Waals surface area contributed by atoms with Gasteiger partial charge in [0.25, 0.3) is 0 Å².